The molecule has 1 N–H and O–H groups in total. The van der Waals surface area contributed by atoms with Gasteiger partial charge in [0.2, 0.25) is 5.91 Å². The molecule has 0 spiro atoms. The lowest BCUT2D eigenvalue weighted by Crippen LogP contribution is -2.34. The number of carbonyl (C=O) groups is 1. The third-order valence-electron chi connectivity index (χ3n) is 5.09. The van der Waals surface area contributed by atoms with E-state index < -0.39 is 0 Å². The number of hydrogen-bond acceptors (Lipinski definition) is 4. The van der Waals surface area contributed by atoms with E-state index in [2.05, 4.69) is 10.4 Å². The van der Waals surface area contributed by atoms with Gasteiger partial charge in [-0.1, -0.05) is 34.8 Å². The molecule has 0 aliphatic carbocycles. The lowest BCUT2D eigenvalue weighted by Gasteiger charge is -2.33. The molecule has 0 atom stereocenters. The number of nitrogens with zero attached hydrogens (tertiary/aromatic N) is 1. The maximum atomic E-state index is 11.1. The average Bonchev–Trinajstić information content (AvgIpc) is 2.73. The number of halogens is 3. The van der Waals surface area contributed by atoms with Crippen molar-refractivity contribution < 1.29 is 14.4 Å². The number of hydrogen-bond donors (Lipinski definition) is 1. The molecule has 0 saturated carbocycles. The van der Waals surface area contributed by atoms with Crippen LogP contribution in [0.3, 0.4) is 0 Å². The molecule has 5 nitrogen and oxygen atoms in total. The maximum Gasteiger partial charge on any atom is 0.249 e. The number of rotatable bonds is 8. The van der Waals surface area contributed by atoms with E-state index in [0.717, 1.165) is 50.2 Å². The molecule has 1 heterocycles. The van der Waals surface area contributed by atoms with Crippen LogP contribution in [0.15, 0.2) is 36.4 Å². The molecule has 8 heteroatoms. The van der Waals surface area contributed by atoms with Crippen LogP contribution in [-0.4, -0.2) is 37.0 Å². The monoisotopic (exact) mass is 470 g/mol. The molecule has 30 heavy (non-hydrogen) atoms. The Morgan fingerprint density at radius 1 is 1.10 bits per heavy atom. The van der Waals surface area contributed by atoms with Crippen LogP contribution in [0.4, 0.5) is 0 Å². The molecule has 162 valence electrons. The van der Waals surface area contributed by atoms with E-state index >= 15 is 0 Å². The minimum atomic E-state index is -0.295. The first-order valence-electron chi connectivity index (χ1n) is 9.96. The molecule has 0 unspecified atom stereocenters. The summed E-state index contributed by atoms with van der Waals surface area (Å²) < 4.78 is 5.76. The second-order valence-corrected chi connectivity index (χ2v) is 8.53. The zero-order chi connectivity index (χ0) is 21.5. The highest BCUT2D eigenvalue weighted by atomic mass is 35.5. The summed E-state index contributed by atoms with van der Waals surface area (Å²) in [6.07, 6.45) is 2.87. The Kier molecular flexibility index (Phi) is 8.51. The largest absolute Gasteiger partial charge is 0.494 e. The van der Waals surface area contributed by atoms with Crippen LogP contribution >= 0.6 is 34.8 Å². The van der Waals surface area contributed by atoms with Gasteiger partial charge in [0.05, 0.1) is 11.6 Å². The maximum absolute atomic E-state index is 11.1. The number of likely N-dealkylation sites (tertiary alicyclic amines) is 1. The number of benzene rings is 2. The van der Waals surface area contributed by atoms with Gasteiger partial charge in [-0.3, -0.25) is 4.79 Å². The van der Waals surface area contributed by atoms with E-state index in [1.807, 2.05) is 24.3 Å². The standard InChI is InChI=1S/C22H25Cl3N2O3/c1-15(28)26-30-20-8-7-19(24)21(22(20)25)16-9-12-27(13-10-16)11-2-14-29-18-5-3-17(23)4-6-18/h3-8,16H,2,9-14H2,1H3,(H,26,28). The van der Waals surface area contributed by atoms with E-state index in [1.54, 1.807) is 12.1 Å². The number of amides is 1. The summed E-state index contributed by atoms with van der Waals surface area (Å²) in [5.41, 5.74) is 3.20. The highest BCUT2D eigenvalue weighted by Crippen LogP contribution is 2.41. The molecule has 3 rings (SSSR count). The third kappa shape index (κ3) is 6.42. The van der Waals surface area contributed by atoms with E-state index in [9.17, 15) is 4.79 Å². The summed E-state index contributed by atoms with van der Waals surface area (Å²) in [6.45, 7) is 4.96. The Morgan fingerprint density at radius 2 is 1.80 bits per heavy atom. The normalized spacial score (nSPS) is 15.1. The number of hydroxylamine groups is 1. The first kappa shape index (κ1) is 23.0. The Bertz CT molecular complexity index is 853. The minimum Gasteiger partial charge on any atom is -0.494 e. The fourth-order valence-electron chi connectivity index (χ4n) is 3.58. The molecule has 0 bridgehead atoms. The second-order valence-electron chi connectivity index (χ2n) is 7.31. The third-order valence-corrected chi connectivity index (χ3v) is 6.06. The molecule has 2 aromatic rings. The van der Waals surface area contributed by atoms with E-state index in [4.69, 9.17) is 44.4 Å². The van der Waals surface area contributed by atoms with Crippen LogP contribution in [0.25, 0.3) is 0 Å². The zero-order valence-electron chi connectivity index (χ0n) is 16.8. The van der Waals surface area contributed by atoms with E-state index in [1.165, 1.54) is 6.92 Å². The van der Waals surface area contributed by atoms with Gasteiger partial charge >= 0.3 is 0 Å². The van der Waals surface area contributed by atoms with Crippen molar-refractivity contribution in [2.75, 3.05) is 26.2 Å². The number of piperidine rings is 1. The highest BCUT2D eigenvalue weighted by Gasteiger charge is 2.26. The molecule has 1 amide bonds. The Balaban J connectivity index is 1.47. The van der Waals surface area contributed by atoms with Crippen molar-refractivity contribution in [3.8, 4) is 11.5 Å². The quantitative estimate of drug-likeness (QED) is 0.395. The molecular formula is C22H25Cl3N2O3. The van der Waals surface area contributed by atoms with Crippen LogP contribution in [-0.2, 0) is 4.79 Å². The first-order chi connectivity index (χ1) is 14.4. The number of ether oxygens (including phenoxy) is 1. The van der Waals surface area contributed by atoms with Crippen molar-refractivity contribution in [3.05, 3.63) is 57.0 Å². The van der Waals surface area contributed by atoms with Crippen molar-refractivity contribution in [2.45, 2.75) is 32.1 Å². The van der Waals surface area contributed by atoms with Crippen molar-refractivity contribution >= 4 is 40.7 Å². The molecule has 0 radical (unpaired) electrons. The number of carbonyl (C=O) groups excluding carboxylic acids is 1. The van der Waals surface area contributed by atoms with Crippen LogP contribution in [0, 0.1) is 0 Å². The lowest BCUT2D eigenvalue weighted by atomic mass is 9.89. The van der Waals surface area contributed by atoms with Crippen molar-refractivity contribution in [2.24, 2.45) is 0 Å². The number of nitrogens with one attached hydrogen (secondary N) is 1. The van der Waals surface area contributed by atoms with Gasteiger partial charge in [0.15, 0.2) is 5.75 Å². The summed E-state index contributed by atoms with van der Waals surface area (Å²) in [6, 6.07) is 10.8. The van der Waals surface area contributed by atoms with Gasteiger partial charge in [-0.15, -0.1) is 0 Å². The van der Waals surface area contributed by atoms with Crippen LogP contribution < -0.4 is 15.1 Å². The summed E-state index contributed by atoms with van der Waals surface area (Å²) in [5.74, 6) is 1.21. The van der Waals surface area contributed by atoms with E-state index in [0.29, 0.717) is 27.4 Å². The highest BCUT2D eigenvalue weighted by molar-refractivity contribution is 6.37. The van der Waals surface area contributed by atoms with Gasteiger partial charge in [0.25, 0.3) is 0 Å². The summed E-state index contributed by atoms with van der Waals surface area (Å²) >= 11 is 18.9. The molecule has 2 aromatic carbocycles. The SMILES string of the molecule is CC(=O)NOc1ccc(Cl)c(C2CCN(CCCOc3ccc(Cl)cc3)CC2)c1Cl. The minimum absolute atomic E-state index is 0.257. The predicted molar refractivity (Wildman–Crippen MR) is 121 cm³/mol. The average molecular weight is 472 g/mol. The zero-order valence-corrected chi connectivity index (χ0v) is 19.1. The Labute approximate surface area is 192 Å². The Hall–Kier alpha value is -1.66. The first-order valence-corrected chi connectivity index (χ1v) is 11.1. The predicted octanol–water partition coefficient (Wildman–Crippen LogP) is 5.73. The fourth-order valence-corrected chi connectivity index (χ4v) is 4.43. The van der Waals surface area contributed by atoms with Gasteiger partial charge < -0.3 is 14.5 Å². The lowest BCUT2D eigenvalue weighted by molar-refractivity contribution is -0.125. The fraction of sp³-hybridized carbons (Fsp3) is 0.409. The summed E-state index contributed by atoms with van der Waals surface area (Å²) in [5, 5.41) is 1.80. The Morgan fingerprint density at radius 3 is 2.47 bits per heavy atom. The second kappa shape index (κ2) is 11.1. The van der Waals surface area contributed by atoms with Gasteiger partial charge in [-0.2, -0.15) is 5.48 Å². The molecular weight excluding hydrogens is 447 g/mol. The summed E-state index contributed by atoms with van der Waals surface area (Å²) in [7, 11) is 0. The summed E-state index contributed by atoms with van der Waals surface area (Å²) in [4.78, 5) is 18.8. The molecule has 1 aliphatic heterocycles. The molecule has 1 aliphatic rings. The van der Waals surface area contributed by atoms with E-state index in [-0.39, 0.29) is 11.8 Å². The van der Waals surface area contributed by atoms with Crippen LogP contribution in [0.2, 0.25) is 15.1 Å². The van der Waals surface area contributed by atoms with Gasteiger partial charge in [-0.25, -0.2) is 0 Å². The molecule has 1 saturated heterocycles. The van der Waals surface area contributed by atoms with Gasteiger partial charge in [0, 0.05) is 23.5 Å². The van der Waals surface area contributed by atoms with Crippen LogP contribution in [0.1, 0.15) is 37.7 Å². The van der Waals surface area contributed by atoms with Crippen LogP contribution in [0.5, 0.6) is 11.5 Å². The van der Waals surface area contributed by atoms with Crippen molar-refractivity contribution in [3.63, 3.8) is 0 Å². The molecule has 0 aromatic heterocycles. The molecule has 1 fully saturated rings. The topological polar surface area (TPSA) is 50.8 Å². The van der Waals surface area contributed by atoms with Crippen molar-refractivity contribution in [1.29, 1.82) is 0 Å². The van der Waals surface area contributed by atoms with Gasteiger partial charge in [0.1, 0.15) is 5.75 Å². The van der Waals surface area contributed by atoms with Crippen molar-refractivity contribution in [1.82, 2.24) is 10.4 Å². The van der Waals surface area contributed by atoms with Gasteiger partial charge in [-0.05, 0) is 80.2 Å². The smallest absolute Gasteiger partial charge is 0.249 e.